The van der Waals surface area contributed by atoms with Crippen LogP contribution in [0, 0.1) is 3.57 Å². The Morgan fingerprint density at radius 3 is 2.80 bits per heavy atom. The number of methoxy groups -OCH3 is 2. The molecule has 2 aromatic rings. The van der Waals surface area contributed by atoms with E-state index in [4.69, 9.17) is 9.47 Å². The molecule has 0 aliphatic carbocycles. The molecule has 0 radical (unpaired) electrons. The van der Waals surface area contributed by atoms with Crippen LogP contribution < -0.4 is 14.8 Å². The number of hydrogen-bond acceptors (Lipinski definition) is 4. The topological polar surface area (TPSA) is 48.3 Å². The summed E-state index contributed by atoms with van der Waals surface area (Å²) in [4.78, 5) is 4.02. The monoisotopic (exact) mass is 387 g/mol. The van der Waals surface area contributed by atoms with Gasteiger partial charge in [-0.15, -0.1) is 0 Å². The van der Waals surface area contributed by atoms with Gasteiger partial charge < -0.3 is 19.4 Å². The van der Waals surface area contributed by atoms with Crippen molar-refractivity contribution in [1.29, 1.82) is 0 Å². The Morgan fingerprint density at radius 1 is 1.30 bits per heavy atom. The van der Waals surface area contributed by atoms with Crippen LogP contribution in [0.3, 0.4) is 0 Å². The second kappa shape index (κ2) is 7.49. The van der Waals surface area contributed by atoms with Gasteiger partial charge >= 0.3 is 0 Å². The molecule has 0 fully saturated rings. The maximum absolute atomic E-state index is 5.35. The number of rotatable bonds is 7. The fourth-order valence-corrected chi connectivity index (χ4v) is 2.82. The Bertz CT molecular complexity index is 544. The van der Waals surface area contributed by atoms with Gasteiger partial charge in [-0.2, -0.15) is 0 Å². The lowest BCUT2D eigenvalue weighted by atomic mass is 10.2. The molecule has 6 heteroatoms. The van der Waals surface area contributed by atoms with Crippen LogP contribution in [0.1, 0.15) is 5.56 Å². The largest absolute Gasteiger partial charge is 0.493 e. The molecule has 1 aromatic carbocycles. The smallest absolute Gasteiger partial charge is 0.174 e. The maximum atomic E-state index is 5.35. The van der Waals surface area contributed by atoms with E-state index in [1.54, 1.807) is 20.4 Å². The molecule has 108 valence electrons. The Kier molecular flexibility index (Phi) is 5.66. The Labute approximate surface area is 132 Å². The van der Waals surface area contributed by atoms with Crippen LogP contribution in [-0.4, -0.2) is 30.3 Å². The van der Waals surface area contributed by atoms with Gasteiger partial charge in [0.25, 0.3) is 0 Å². The highest BCUT2D eigenvalue weighted by Gasteiger charge is 2.10. The van der Waals surface area contributed by atoms with Crippen molar-refractivity contribution in [3.63, 3.8) is 0 Å². The number of imidazole rings is 1. The van der Waals surface area contributed by atoms with E-state index in [2.05, 4.69) is 39.0 Å². The predicted octanol–water partition coefficient (Wildman–Crippen LogP) is 2.29. The average molecular weight is 387 g/mol. The van der Waals surface area contributed by atoms with Crippen LogP contribution in [0.25, 0.3) is 0 Å². The molecule has 0 aliphatic rings. The first-order valence-corrected chi connectivity index (χ1v) is 7.39. The molecule has 1 aromatic heterocycles. The SMILES string of the molecule is COc1cc(CNCCn2ccnc2)cc(I)c1OC. The van der Waals surface area contributed by atoms with Crippen LogP contribution in [0.4, 0.5) is 0 Å². The lowest BCUT2D eigenvalue weighted by Gasteiger charge is -2.12. The molecule has 0 saturated carbocycles. The van der Waals surface area contributed by atoms with Crippen molar-refractivity contribution >= 4 is 22.6 Å². The molecule has 1 heterocycles. The summed E-state index contributed by atoms with van der Waals surface area (Å²) in [7, 11) is 3.31. The average Bonchev–Trinajstić information content (AvgIpc) is 2.96. The van der Waals surface area contributed by atoms with Crippen molar-refractivity contribution in [2.75, 3.05) is 20.8 Å². The van der Waals surface area contributed by atoms with Crippen LogP contribution in [0.2, 0.25) is 0 Å². The number of nitrogens with zero attached hydrogens (tertiary/aromatic N) is 2. The Balaban J connectivity index is 1.91. The third-order valence-electron chi connectivity index (χ3n) is 2.93. The molecular formula is C14H18IN3O2. The highest BCUT2D eigenvalue weighted by Crippen LogP contribution is 2.33. The van der Waals surface area contributed by atoms with Gasteiger partial charge in [-0.3, -0.25) is 0 Å². The zero-order chi connectivity index (χ0) is 14.4. The summed E-state index contributed by atoms with van der Waals surface area (Å²) in [6.45, 7) is 2.59. The van der Waals surface area contributed by atoms with Gasteiger partial charge in [0.05, 0.1) is 24.1 Å². The summed E-state index contributed by atoms with van der Waals surface area (Å²) in [5, 5.41) is 3.41. The van der Waals surface area contributed by atoms with E-state index < -0.39 is 0 Å². The van der Waals surface area contributed by atoms with Crippen molar-refractivity contribution in [2.45, 2.75) is 13.1 Å². The van der Waals surface area contributed by atoms with Gasteiger partial charge in [-0.25, -0.2) is 4.98 Å². The summed E-state index contributed by atoms with van der Waals surface area (Å²) in [5.41, 5.74) is 1.18. The van der Waals surface area contributed by atoms with Gasteiger partial charge in [-0.1, -0.05) is 0 Å². The minimum atomic E-state index is 0.769. The van der Waals surface area contributed by atoms with Crippen LogP contribution in [-0.2, 0) is 13.1 Å². The molecule has 0 amide bonds. The van der Waals surface area contributed by atoms with Crippen LogP contribution in [0.5, 0.6) is 11.5 Å². The lowest BCUT2D eigenvalue weighted by molar-refractivity contribution is 0.352. The van der Waals surface area contributed by atoms with Gasteiger partial charge in [0.15, 0.2) is 11.5 Å². The summed E-state index contributed by atoms with van der Waals surface area (Å²) >= 11 is 2.26. The molecule has 0 atom stereocenters. The molecular weight excluding hydrogens is 369 g/mol. The first kappa shape index (κ1) is 15.1. The number of halogens is 1. The third-order valence-corrected chi connectivity index (χ3v) is 3.73. The molecule has 0 aliphatic heterocycles. The van der Waals surface area contributed by atoms with Crippen molar-refractivity contribution in [2.24, 2.45) is 0 Å². The quantitative estimate of drug-likeness (QED) is 0.585. The zero-order valence-corrected chi connectivity index (χ0v) is 13.8. The predicted molar refractivity (Wildman–Crippen MR) is 86.2 cm³/mol. The van der Waals surface area contributed by atoms with Crippen molar-refractivity contribution in [3.05, 3.63) is 40.0 Å². The van der Waals surface area contributed by atoms with Crippen molar-refractivity contribution in [3.8, 4) is 11.5 Å². The first-order valence-electron chi connectivity index (χ1n) is 6.31. The highest BCUT2D eigenvalue weighted by atomic mass is 127. The van der Waals surface area contributed by atoms with Gasteiger partial charge in [0.1, 0.15) is 0 Å². The molecule has 0 bridgehead atoms. The van der Waals surface area contributed by atoms with Crippen molar-refractivity contribution in [1.82, 2.24) is 14.9 Å². The second-order valence-corrected chi connectivity index (χ2v) is 5.45. The fraction of sp³-hybridized carbons (Fsp3) is 0.357. The minimum Gasteiger partial charge on any atom is -0.493 e. The third kappa shape index (κ3) is 3.86. The molecule has 0 saturated heterocycles. The number of benzene rings is 1. The summed E-state index contributed by atoms with van der Waals surface area (Å²) < 4.78 is 13.8. The minimum absolute atomic E-state index is 0.769. The number of nitrogens with one attached hydrogen (secondary N) is 1. The Hall–Kier alpha value is -1.28. The van der Waals surface area contributed by atoms with E-state index >= 15 is 0 Å². The van der Waals surface area contributed by atoms with Gasteiger partial charge in [0.2, 0.25) is 0 Å². The van der Waals surface area contributed by atoms with Crippen molar-refractivity contribution < 1.29 is 9.47 Å². The number of ether oxygens (including phenoxy) is 2. The molecule has 2 rings (SSSR count). The molecule has 0 spiro atoms. The Morgan fingerprint density at radius 2 is 2.15 bits per heavy atom. The van der Waals surface area contributed by atoms with E-state index in [1.807, 2.05) is 23.2 Å². The second-order valence-electron chi connectivity index (χ2n) is 4.29. The zero-order valence-electron chi connectivity index (χ0n) is 11.6. The van der Waals surface area contributed by atoms with Crippen LogP contribution >= 0.6 is 22.6 Å². The van der Waals surface area contributed by atoms with E-state index in [0.717, 1.165) is 34.7 Å². The van der Waals surface area contributed by atoms with Gasteiger partial charge in [-0.05, 0) is 40.3 Å². The van der Waals surface area contributed by atoms with E-state index in [-0.39, 0.29) is 0 Å². The standard InChI is InChI=1S/C14H18IN3O2/c1-19-13-8-11(7-12(15)14(13)20-2)9-16-3-5-18-6-4-17-10-18/h4,6-8,10,16H,3,5,9H2,1-2H3. The molecule has 5 nitrogen and oxygen atoms in total. The normalized spacial score (nSPS) is 10.6. The summed E-state index contributed by atoms with van der Waals surface area (Å²) in [6.07, 6.45) is 5.57. The van der Waals surface area contributed by atoms with E-state index in [0.29, 0.717) is 0 Å². The fourth-order valence-electron chi connectivity index (χ4n) is 1.93. The van der Waals surface area contributed by atoms with E-state index in [9.17, 15) is 0 Å². The summed E-state index contributed by atoms with van der Waals surface area (Å²) in [6, 6.07) is 4.11. The van der Waals surface area contributed by atoms with Crippen LogP contribution in [0.15, 0.2) is 30.9 Å². The highest BCUT2D eigenvalue weighted by molar-refractivity contribution is 14.1. The number of hydrogen-bond donors (Lipinski definition) is 1. The molecule has 1 N–H and O–H groups in total. The van der Waals surface area contributed by atoms with Gasteiger partial charge in [0, 0.05) is 32.0 Å². The first-order chi connectivity index (χ1) is 9.74. The lowest BCUT2D eigenvalue weighted by Crippen LogP contribution is -2.19. The summed E-state index contributed by atoms with van der Waals surface area (Å²) in [5.74, 6) is 1.56. The molecule has 0 unspecified atom stereocenters. The maximum Gasteiger partial charge on any atom is 0.174 e. The number of aromatic nitrogens is 2. The van der Waals surface area contributed by atoms with E-state index in [1.165, 1.54) is 5.56 Å². The molecule has 20 heavy (non-hydrogen) atoms.